The molecule has 0 saturated heterocycles. The zero-order valence-electron chi connectivity index (χ0n) is 10.4. The molecule has 96 valence electrons. The average Bonchev–Trinajstić information content (AvgIpc) is 2.31. The number of phenolic OH excluding ortho intramolecular Hbond substituents is 1. The molecule has 0 radical (unpaired) electrons. The maximum atomic E-state index is 11.8. The number of carboxylic acid groups (broad SMARTS) is 1. The Morgan fingerprint density at radius 2 is 1.78 bits per heavy atom. The smallest absolute Gasteiger partial charge is 0.331 e. The molecule has 0 aliphatic rings. The maximum Gasteiger partial charge on any atom is 0.331 e. The van der Waals surface area contributed by atoms with Gasteiger partial charge in [-0.25, -0.2) is 4.79 Å². The van der Waals surface area contributed by atoms with Gasteiger partial charge in [-0.3, -0.25) is 4.79 Å². The van der Waals surface area contributed by atoms with Crippen LogP contribution in [0.2, 0.25) is 0 Å². The molecule has 18 heavy (non-hydrogen) atoms. The second kappa shape index (κ2) is 5.35. The summed E-state index contributed by atoms with van der Waals surface area (Å²) in [4.78, 5) is 22.5. The van der Waals surface area contributed by atoms with Crippen LogP contribution in [-0.4, -0.2) is 22.1 Å². The number of anilines is 1. The van der Waals surface area contributed by atoms with Crippen molar-refractivity contribution in [2.24, 2.45) is 0 Å². The number of hydrogen-bond donors (Lipinski definition) is 3. The van der Waals surface area contributed by atoms with Gasteiger partial charge in [-0.2, -0.15) is 0 Å². The first-order valence-electron chi connectivity index (χ1n) is 5.34. The fourth-order valence-electron chi connectivity index (χ4n) is 1.29. The monoisotopic (exact) mass is 249 g/mol. The lowest BCUT2D eigenvalue weighted by atomic mass is 10.1. The van der Waals surface area contributed by atoms with E-state index in [2.05, 4.69) is 5.32 Å². The van der Waals surface area contributed by atoms with E-state index in [4.69, 9.17) is 5.11 Å². The first kappa shape index (κ1) is 13.8. The first-order valence-corrected chi connectivity index (χ1v) is 5.34. The second-order valence-corrected chi connectivity index (χ2v) is 4.01. The quantitative estimate of drug-likeness (QED) is 0.565. The van der Waals surface area contributed by atoms with Crippen LogP contribution in [0.25, 0.3) is 0 Å². The number of phenols is 1. The molecule has 0 fully saturated rings. The summed E-state index contributed by atoms with van der Waals surface area (Å²) in [5, 5.41) is 20.7. The minimum Gasteiger partial charge on any atom is -0.508 e. The normalized spacial score (nSPS) is 11.7. The number of aromatic hydroxyl groups is 1. The molecule has 0 spiro atoms. The molecule has 5 nitrogen and oxygen atoms in total. The number of rotatable bonds is 3. The SMILES string of the molecule is C/C(C(=O)O)=C(/C)C(=O)Nc1ccc(O)c(C)c1. The Balaban J connectivity index is 2.92. The summed E-state index contributed by atoms with van der Waals surface area (Å²) < 4.78 is 0. The Bertz CT molecular complexity index is 532. The molecule has 1 rings (SSSR count). The molecular formula is C13H15NO4. The summed E-state index contributed by atoms with van der Waals surface area (Å²) >= 11 is 0. The van der Waals surface area contributed by atoms with E-state index in [1.807, 2.05) is 0 Å². The van der Waals surface area contributed by atoms with Crippen LogP contribution in [0.5, 0.6) is 5.75 Å². The fourth-order valence-corrected chi connectivity index (χ4v) is 1.29. The molecule has 1 amide bonds. The molecule has 0 saturated carbocycles. The third-order valence-electron chi connectivity index (χ3n) is 2.68. The minimum atomic E-state index is -1.12. The number of benzene rings is 1. The Labute approximate surface area is 105 Å². The number of carbonyl (C=O) groups excluding carboxylic acids is 1. The van der Waals surface area contributed by atoms with Gasteiger partial charge in [0.2, 0.25) is 0 Å². The Hall–Kier alpha value is -2.30. The van der Waals surface area contributed by atoms with Crippen LogP contribution in [0.1, 0.15) is 19.4 Å². The predicted octanol–water partition coefficient (Wildman–Crippen LogP) is 2.06. The molecule has 0 atom stereocenters. The number of carboxylic acids is 1. The molecular weight excluding hydrogens is 234 g/mol. The fraction of sp³-hybridized carbons (Fsp3) is 0.231. The zero-order valence-corrected chi connectivity index (χ0v) is 10.4. The van der Waals surface area contributed by atoms with Gasteiger partial charge in [0.15, 0.2) is 0 Å². The van der Waals surface area contributed by atoms with Crippen LogP contribution in [0.15, 0.2) is 29.3 Å². The van der Waals surface area contributed by atoms with Crippen molar-refractivity contribution < 1.29 is 19.8 Å². The third kappa shape index (κ3) is 3.10. The van der Waals surface area contributed by atoms with Gasteiger partial charge >= 0.3 is 5.97 Å². The highest BCUT2D eigenvalue weighted by Gasteiger charge is 2.13. The summed E-state index contributed by atoms with van der Waals surface area (Å²) in [7, 11) is 0. The standard InChI is InChI=1S/C13H15NO4/c1-7-6-10(4-5-11(7)15)14-12(16)8(2)9(3)13(17)18/h4-6,15H,1-3H3,(H,14,16)(H,17,18)/b9-8+. The molecule has 0 bridgehead atoms. The van der Waals surface area contributed by atoms with Crippen molar-refractivity contribution in [3.63, 3.8) is 0 Å². The number of amides is 1. The van der Waals surface area contributed by atoms with E-state index in [0.29, 0.717) is 11.3 Å². The Morgan fingerprint density at radius 3 is 2.28 bits per heavy atom. The van der Waals surface area contributed by atoms with E-state index >= 15 is 0 Å². The van der Waals surface area contributed by atoms with Crippen molar-refractivity contribution in [2.45, 2.75) is 20.8 Å². The molecule has 1 aromatic rings. The van der Waals surface area contributed by atoms with E-state index < -0.39 is 11.9 Å². The summed E-state index contributed by atoms with van der Waals surface area (Å²) in [5.41, 5.74) is 1.29. The van der Waals surface area contributed by atoms with Crippen molar-refractivity contribution in [3.05, 3.63) is 34.9 Å². The van der Waals surface area contributed by atoms with E-state index in [9.17, 15) is 14.7 Å². The third-order valence-corrected chi connectivity index (χ3v) is 2.68. The van der Waals surface area contributed by atoms with E-state index in [1.54, 1.807) is 19.1 Å². The highest BCUT2D eigenvalue weighted by Crippen LogP contribution is 2.20. The zero-order chi connectivity index (χ0) is 13.9. The molecule has 3 N–H and O–H groups in total. The number of aliphatic carboxylic acids is 1. The van der Waals surface area contributed by atoms with Crippen molar-refractivity contribution in [1.29, 1.82) is 0 Å². The second-order valence-electron chi connectivity index (χ2n) is 4.01. The molecule has 1 aromatic carbocycles. The maximum absolute atomic E-state index is 11.8. The van der Waals surface area contributed by atoms with E-state index in [-0.39, 0.29) is 16.9 Å². The predicted molar refractivity (Wildman–Crippen MR) is 67.5 cm³/mol. The van der Waals surface area contributed by atoms with Gasteiger partial charge in [0.1, 0.15) is 5.75 Å². The summed E-state index contributed by atoms with van der Waals surface area (Å²) in [6.45, 7) is 4.53. The van der Waals surface area contributed by atoms with Gasteiger partial charge in [-0.1, -0.05) is 0 Å². The number of nitrogens with one attached hydrogen (secondary N) is 1. The summed E-state index contributed by atoms with van der Waals surface area (Å²) in [5.74, 6) is -1.45. The van der Waals surface area contributed by atoms with Crippen molar-refractivity contribution in [3.8, 4) is 5.75 Å². The topological polar surface area (TPSA) is 86.6 Å². The highest BCUT2D eigenvalue weighted by atomic mass is 16.4. The summed E-state index contributed by atoms with van der Waals surface area (Å²) in [6.07, 6.45) is 0. The van der Waals surface area contributed by atoms with Gasteiger partial charge in [0.05, 0.1) is 0 Å². The van der Waals surface area contributed by atoms with Crippen molar-refractivity contribution in [2.75, 3.05) is 5.32 Å². The average molecular weight is 249 g/mol. The van der Waals surface area contributed by atoms with Gasteiger partial charge in [-0.05, 0) is 44.5 Å². The molecule has 5 heteroatoms. The van der Waals surface area contributed by atoms with Crippen LogP contribution < -0.4 is 5.32 Å². The van der Waals surface area contributed by atoms with Crippen LogP contribution in [-0.2, 0) is 9.59 Å². The minimum absolute atomic E-state index is 0.00278. The molecule has 0 aromatic heterocycles. The van der Waals surface area contributed by atoms with Crippen LogP contribution in [0.4, 0.5) is 5.69 Å². The van der Waals surface area contributed by atoms with Crippen molar-refractivity contribution in [1.82, 2.24) is 0 Å². The van der Waals surface area contributed by atoms with Gasteiger partial charge < -0.3 is 15.5 Å². The van der Waals surface area contributed by atoms with Gasteiger partial charge in [-0.15, -0.1) is 0 Å². The number of hydrogen-bond acceptors (Lipinski definition) is 3. The lowest BCUT2D eigenvalue weighted by Crippen LogP contribution is -2.16. The molecule has 0 aliphatic carbocycles. The van der Waals surface area contributed by atoms with Crippen LogP contribution in [0, 0.1) is 6.92 Å². The Morgan fingerprint density at radius 1 is 1.17 bits per heavy atom. The van der Waals surface area contributed by atoms with Gasteiger partial charge in [0, 0.05) is 16.8 Å². The largest absolute Gasteiger partial charge is 0.508 e. The highest BCUT2D eigenvalue weighted by molar-refractivity contribution is 6.08. The lowest BCUT2D eigenvalue weighted by Gasteiger charge is -2.08. The van der Waals surface area contributed by atoms with Crippen LogP contribution >= 0.6 is 0 Å². The molecule has 0 aliphatic heterocycles. The molecule has 0 heterocycles. The number of carbonyl (C=O) groups is 2. The first-order chi connectivity index (χ1) is 8.32. The van der Waals surface area contributed by atoms with Gasteiger partial charge in [0.25, 0.3) is 5.91 Å². The van der Waals surface area contributed by atoms with E-state index in [1.165, 1.54) is 19.9 Å². The number of aryl methyl sites for hydroxylation is 1. The van der Waals surface area contributed by atoms with Crippen molar-refractivity contribution >= 4 is 17.6 Å². The molecule has 0 unspecified atom stereocenters. The summed E-state index contributed by atoms with van der Waals surface area (Å²) in [6, 6.07) is 4.62. The van der Waals surface area contributed by atoms with E-state index in [0.717, 1.165) is 0 Å². The lowest BCUT2D eigenvalue weighted by molar-refractivity contribution is -0.133. The Kier molecular flexibility index (Phi) is 4.09. The van der Waals surface area contributed by atoms with Crippen LogP contribution in [0.3, 0.4) is 0 Å².